The van der Waals surface area contributed by atoms with Crippen LogP contribution in [0.5, 0.6) is 0 Å². The Hall–Kier alpha value is -1.26. The highest BCUT2D eigenvalue weighted by Gasteiger charge is 2.27. The Balaban J connectivity index is 4.47. The Morgan fingerprint density at radius 2 is 1.87 bits per heavy atom. The van der Waals surface area contributed by atoms with E-state index in [9.17, 15) is 9.59 Å². The van der Waals surface area contributed by atoms with Gasteiger partial charge in [0, 0.05) is 0 Å². The third-order valence-electron chi connectivity index (χ3n) is 2.12. The van der Waals surface area contributed by atoms with Crippen molar-refractivity contribution >= 4 is 12.0 Å². The topological polar surface area (TPSA) is 81.4 Å². The highest BCUT2D eigenvalue weighted by Crippen LogP contribution is 2.10. The molecule has 15 heavy (non-hydrogen) atoms. The normalized spacial score (nSPS) is 14.5. The smallest absolute Gasteiger partial charge is 0.329 e. The lowest BCUT2D eigenvalue weighted by Crippen LogP contribution is -2.48. The van der Waals surface area contributed by atoms with Crippen LogP contribution in [0.15, 0.2) is 0 Å². The number of nitrogens with two attached hydrogens (primary N) is 1. The van der Waals surface area contributed by atoms with Gasteiger partial charge in [-0.2, -0.15) is 0 Å². The molecule has 2 atom stereocenters. The standard InChI is InChI=1S/C10H20N2O3/c1-5-7(4)8(12-10(11)14)9(13)15-6(2)3/h6-8H,5H2,1-4H3,(H3,11,12,14). The minimum absolute atomic E-state index is 0.00347. The van der Waals surface area contributed by atoms with E-state index >= 15 is 0 Å². The van der Waals surface area contributed by atoms with Gasteiger partial charge in [0.1, 0.15) is 6.04 Å². The maximum absolute atomic E-state index is 11.6. The molecule has 0 aliphatic rings. The van der Waals surface area contributed by atoms with E-state index in [-0.39, 0.29) is 12.0 Å². The van der Waals surface area contributed by atoms with Crippen LogP contribution < -0.4 is 11.1 Å². The molecule has 0 radical (unpaired) electrons. The SMILES string of the molecule is CCC(C)C(NC(N)=O)C(=O)OC(C)C. The molecule has 5 nitrogen and oxygen atoms in total. The summed E-state index contributed by atoms with van der Waals surface area (Å²) in [5.74, 6) is -0.429. The van der Waals surface area contributed by atoms with Gasteiger partial charge in [-0.05, 0) is 19.8 Å². The predicted molar refractivity (Wildman–Crippen MR) is 57.2 cm³/mol. The van der Waals surface area contributed by atoms with Gasteiger partial charge in [0.05, 0.1) is 6.10 Å². The van der Waals surface area contributed by atoms with Crippen LogP contribution in [0.4, 0.5) is 4.79 Å². The average Bonchev–Trinajstić information content (AvgIpc) is 2.11. The number of hydrogen-bond acceptors (Lipinski definition) is 3. The first-order valence-electron chi connectivity index (χ1n) is 5.14. The molecule has 0 saturated heterocycles. The third-order valence-corrected chi connectivity index (χ3v) is 2.12. The molecular formula is C10H20N2O3. The zero-order valence-corrected chi connectivity index (χ0v) is 9.74. The quantitative estimate of drug-likeness (QED) is 0.673. The molecule has 5 heteroatoms. The van der Waals surface area contributed by atoms with Crippen LogP contribution in [-0.2, 0) is 9.53 Å². The van der Waals surface area contributed by atoms with Crippen LogP contribution >= 0.6 is 0 Å². The van der Waals surface area contributed by atoms with Crippen molar-refractivity contribution in [3.05, 3.63) is 0 Å². The lowest BCUT2D eigenvalue weighted by atomic mass is 9.99. The summed E-state index contributed by atoms with van der Waals surface area (Å²) in [4.78, 5) is 22.3. The number of nitrogens with one attached hydrogen (secondary N) is 1. The van der Waals surface area contributed by atoms with Crippen LogP contribution in [0.1, 0.15) is 34.1 Å². The number of esters is 1. The van der Waals surface area contributed by atoms with Gasteiger partial charge in [-0.15, -0.1) is 0 Å². The summed E-state index contributed by atoms with van der Waals surface area (Å²) in [6, 6.07) is -1.36. The van der Waals surface area contributed by atoms with E-state index in [2.05, 4.69) is 5.32 Å². The maximum Gasteiger partial charge on any atom is 0.329 e. The van der Waals surface area contributed by atoms with E-state index in [4.69, 9.17) is 10.5 Å². The first-order chi connectivity index (χ1) is 6.88. The van der Waals surface area contributed by atoms with Crippen molar-refractivity contribution in [3.8, 4) is 0 Å². The molecule has 0 spiro atoms. The number of ether oxygens (including phenoxy) is 1. The summed E-state index contributed by atoms with van der Waals surface area (Å²) in [6.45, 7) is 7.32. The molecule has 0 rings (SSSR count). The summed E-state index contributed by atoms with van der Waals surface area (Å²) < 4.78 is 5.03. The van der Waals surface area contributed by atoms with Gasteiger partial charge < -0.3 is 15.8 Å². The van der Waals surface area contributed by atoms with Gasteiger partial charge in [-0.1, -0.05) is 20.3 Å². The fourth-order valence-electron chi connectivity index (χ4n) is 1.13. The number of urea groups is 1. The monoisotopic (exact) mass is 216 g/mol. The summed E-state index contributed by atoms with van der Waals surface area (Å²) in [6.07, 6.45) is 0.566. The molecule has 2 amide bonds. The van der Waals surface area contributed by atoms with Gasteiger partial charge in [0.25, 0.3) is 0 Å². The maximum atomic E-state index is 11.6. The fourth-order valence-corrected chi connectivity index (χ4v) is 1.13. The lowest BCUT2D eigenvalue weighted by molar-refractivity contribution is -0.151. The number of amides is 2. The minimum Gasteiger partial charge on any atom is -0.461 e. The number of rotatable bonds is 5. The number of hydrogen-bond donors (Lipinski definition) is 2. The van der Waals surface area contributed by atoms with E-state index in [0.29, 0.717) is 0 Å². The van der Waals surface area contributed by atoms with E-state index < -0.39 is 18.0 Å². The van der Waals surface area contributed by atoms with Crippen LogP contribution in [0.2, 0.25) is 0 Å². The average molecular weight is 216 g/mol. The zero-order chi connectivity index (χ0) is 12.0. The highest BCUT2D eigenvalue weighted by molar-refractivity contribution is 5.83. The molecule has 3 N–H and O–H groups in total. The Bertz CT molecular complexity index is 229. The fraction of sp³-hybridized carbons (Fsp3) is 0.800. The van der Waals surface area contributed by atoms with E-state index in [0.717, 1.165) is 6.42 Å². The van der Waals surface area contributed by atoms with E-state index in [1.54, 1.807) is 13.8 Å². The van der Waals surface area contributed by atoms with E-state index in [1.807, 2.05) is 13.8 Å². The van der Waals surface area contributed by atoms with Crippen molar-refractivity contribution in [2.24, 2.45) is 11.7 Å². The largest absolute Gasteiger partial charge is 0.461 e. The van der Waals surface area contributed by atoms with Crippen LogP contribution in [0, 0.1) is 5.92 Å². The van der Waals surface area contributed by atoms with Crippen molar-refractivity contribution in [2.45, 2.75) is 46.3 Å². The second-order valence-corrected chi connectivity index (χ2v) is 3.86. The summed E-state index contributed by atoms with van der Waals surface area (Å²) >= 11 is 0. The number of carbonyl (C=O) groups excluding carboxylic acids is 2. The molecule has 0 aliphatic carbocycles. The molecule has 0 aliphatic heterocycles. The molecule has 0 heterocycles. The first kappa shape index (κ1) is 13.7. The minimum atomic E-state index is -0.707. The van der Waals surface area contributed by atoms with Crippen molar-refractivity contribution in [3.63, 3.8) is 0 Å². The van der Waals surface area contributed by atoms with Crippen molar-refractivity contribution < 1.29 is 14.3 Å². The summed E-state index contributed by atoms with van der Waals surface area (Å²) in [7, 11) is 0. The molecule has 0 saturated carbocycles. The second kappa shape index (κ2) is 6.27. The first-order valence-corrected chi connectivity index (χ1v) is 5.14. The Labute approximate surface area is 90.4 Å². The van der Waals surface area contributed by atoms with Crippen molar-refractivity contribution in [1.29, 1.82) is 0 Å². The van der Waals surface area contributed by atoms with Crippen LogP contribution in [0.3, 0.4) is 0 Å². The van der Waals surface area contributed by atoms with Crippen LogP contribution in [0.25, 0.3) is 0 Å². The van der Waals surface area contributed by atoms with Gasteiger partial charge in [0.2, 0.25) is 0 Å². The number of carbonyl (C=O) groups is 2. The molecule has 0 aromatic rings. The van der Waals surface area contributed by atoms with Crippen molar-refractivity contribution in [1.82, 2.24) is 5.32 Å². The Morgan fingerprint density at radius 3 is 2.20 bits per heavy atom. The van der Waals surface area contributed by atoms with Crippen molar-refractivity contribution in [2.75, 3.05) is 0 Å². The summed E-state index contributed by atoms with van der Waals surface area (Å²) in [5.41, 5.74) is 5.00. The van der Waals surface area contributed by atoms with E-state index in [1.165, 1.54) is 0 Å². The Morgan fingerprint density at radius 1 is 1.33 bits per heavy atom. The predicted octanol–water partition coefficient (Wildman–Crippen LogP) is 1.02. The molecule has 0 aromatic carbocycles. The van der Waals surface area contributed by atoms with Gasteiger partial charge in [-0.3, -0.25) is 0 Å². The highest BCUT2D eigenvalue weighted by atomic mass is 16.5. The molecule has 0 fully saturated rings. The molecule has 2 unspecified atom stereocenters. The molecule has 0 bridgehead atoms. The molecule has 0 aromatic heterocycles. The Kier molecular flexibility index (Phi) is 5.74. The zero-order valence-electron chi connectivity index (χ0n) is 9.74. The van der Waals surface area contributed by atoms with Gasteiger partial charge >= 0.3 is 12.0 Å². The lowest BCUT2D eigenvalue weighted by Gasteiger charge is -2.22. The summed E-state index contributed by atoms with van der Waals surface area (Å²) in [5, 5.41) is 2.40. The molecule has 88 valence electrons. The van der Waals surface area contributed by atoms with Gasteiger partial charge in [-0.25, -0.2) is 9.59 Å². The molecular weight excluding hydrogens is 196 g/mol. The van der Waals surface area contributed by atoms with Crippen LogP contribution in [-0.4, -0.2) is 24.1 Å². The third kappa shape index (κ3) is 5.24. The second-order valence-electron chi connectivity index (χ2n) is 3.86. The van der Waals surface area contributed by atoms with Gasteiger partial charge in [0.15, 0.2) is 0 Å². The number of primary amides is 1.